The van der Waals surface area contributed by atoms with Gasteiger partial charge in [0.1, 0.15) is 5.82 Å². The minimum atomic E-state index is -0.266. The van der Waals surface area contributed by atoms with Crippen LogP contribution in [0.5, 0.6) is 0 Å². The Bertz CT molecular complexity index is 995. The molecule has 1 atom stereocenters. The number of anilines is 1. The maximum absolute atomic E-state index is 12.5. The number of ether oxygens (including phenoxy) is 1. The molecule has 2 amide bonds. The number of nitrogens with zero attached hydrogens (tertiary/aromatic N) is 3. The minimum Gasteiger partial charge on any atom is -0.377 e. The van der Waals surface area contributed by atoms with E-state index < -0.39 is 0 Å². The highest BCUT2D eigenvalue weighted by Gasteiger charge is 2.28. The molecule has 0 bridgehead atoms. The van der Waals surface area contributed by atoms with E-state index in [9.17, 15) is 9.59 Å². The van der Waals surface area contributed by atoms with Gasteiger partial charge in [0.2, 0.25) is 11.8 Å². The zero-order valence-corrected chi connectivity index (χ0v) is 17.8. The van der Waals surface area contributed by atoms with E-state index in [-0.39, 0.29) is 17.9 Å². The van der Waals surface area contributed by atoms with Gasteiger partial charge in [0.15, 0.2) is 0 Å². The number of hydrogen-bond donors (Lipinski definition) is 0. The molecule has 2 aromatic rings. The van der Waals surface area contributed by atoms with Gasteiger partial charge in [-0.25, -0.2) is 4.98 Å². The molecule has 2 saturated heterocycles. The first kappa shape index (κ1) is 20.8. The number of rotatable bonds is 4. The van der Waals surface area contributed by atoms with Gasteiger partial charge in [-0.3, -0.25) is 14.5 Å². The molecular weight excluding hydrogens is 425 g/mol. The molecule has 6 nitrogen and oxygen atoms in total. The molecule has 1 aromatic heterocycles. The van der Waals surface area contributed by atoms with Crippen molar-refractivity contribution in [3.8, 4) is 11.1 Å². The summed E-state index contributed by atoms with van der Waals surface area (Å²) in [6.45, 7) is 2.01. The van der Waals surface area contributed by atoms with Gasteiger partial charge in [-0.2, -0.15) is 0 Å². The number of benzene rings is 1. The van der Waals surface area contributed by atoms with Gasteiger partial charge in [-0.05, 0) is 53.4 Å². The SMILES string of the molecule is O=C1CCCN1c1cc(-c2cc(Cl)cc([C@H]3COCCN3C(=O)/C=C\Cl)c2)ccn1. The molecule has 1 aromatic carbocycles. The molecule has 156 valence electrons. The van der Waals surface area contributed by atoms with E-state index in [0.29, 0.717) is 43.6 Å². The van der Waals surface area contributed by atoms with E-state index in [0.717, 1.165) is 23.1 Å². The summed E-state index contributed by atoms with van der Waals surface area (Å²) < 4.78 is 5.63. The van der Waals surface area contributed by atoms with Gasteiger partial charge in [0.05, 0.1) is 19.3 Å². The third-order valence-corrected chi connectivity index (χ3v) is 5.70. The number of carbonyl (C=O) groups is 2. The first-order chi connectivity index (χ1) is 14.6. The molecule has 3 heterocycles. The summed E-state index contributed by atoms with van der Waals surface area (Å²) in [4.78, 5) is 32.4. The van der Waals surface area contributed by atoms with Crippen LogP contribution in [0.15, 0.2) is 48.1 Å². The standard InChI is InChI=1S/C22H21Cl2N3O3/c23-5-3-22(29)26-8-9-30-14-19(26)17-10-16(11-18(24)12-17)15-4-6-25-20(13-15)27-7-1-2-21(27)28/h3-6,10-13,19H,1-2,7-9,14H2/b5-3-/t19-/m1/s1. The van der Waals surface area contributed by atoms with Gasteiger partial charge >= 0.3 is 0 Å². The Kier molecular flexibility index (Phi) is 6.37. The van der Waals surface area contributed by atoms with E-state index in [1.807, 2.05) is 30.3 Å². The first-order valence-electron chi connectivity index (χ1n) is 9.79. The second-order valence-electron chi connectivity index (χ2n) is 7.24. The van der Waals surface area contributed by atoms with Crippen molar-refractivity contribution in [1.29, 1.82) is 0 Å². The van der Waals surface area contributed by atoms with Gasteiger partial charge in [0, 0.05) is 42.3 Å². The summed E-state index contributed by atoms with van der Waals surface area (Å²) in [6, 6.07) is 9.23. The Morgan fingerprint density at radius 1 is 1.20 bits per heavy atom. The molecule has 2 fully saturated rings. The van der Waals surface area contributed by atoms with Crippen LogP contribution in [-0.2, 0) is 14.3 Å². The van der Waals surface area contributed by atoms with Crippen LogP contribution in [-0.4, -0.2) is 48.0 Å². The molecule has 30 heavy (non-hydrogen) atoms. The number of carbonyl (C=O) groups excluding carboxylic acids is 2. The Morgan fingerprint density at radius 2 is 2.07 bits per heavy atom. The van der Waals surface area contributed by atoms with Crippen molar-refractivity contribution in [1.82, 2.24) is 9.88 Å². The van der Waals surface area contributed by atoms with Gasteiger partial charge in [-0.15, -0.1) is 0 Å². The molecule has 8 heteroatoms. The highest BCUT2D eigenvalue weighted by Crippen LogP contribution is 2.33. The Labute approximate surface area is 185 Å². The molecular formula is C22H21Cl2N3O3. The lowest BCUT2D eigenvalue weighted by molar-refractivity contribution is -0.134. The van der Waals surface area contributed by atoms with Crippen molar-refractivity contribution < 1.29 is 14.3 Å². The second kappa shape index (κ2) is 9.16. The fourth-order valence-corrected chi connectivity index (χ4v) is 4.25. The normalized spacial score (nSPS) is 19.7. The second-order valence-corrected chi connectivity index (χ2v) is 7.93. The summed E-state index contributed by atoms with van der Waals surface area (Å²) >= 11 is 12.0. The van der Waals surface area contributed by atoms with Crippen LogP contribution in [0, 0.1) is 0 Å². The average Bonchev–Trinajstić information content (AvgIpc) is 3.19. The summed E-state index contributed by atoms with van der Waals surface area (Å²) in [7, 11) is 0. The smallest absolute Gasteiger partial charge is 0.248 e. The Balaban J connectivity index is 1.68. The van der Waals surface area contributed by atoms with E-state index in [1.54, 1.807) is 16.0 Å². The van der Waals surface area contributed by atoms with Crippen LogP contribution < -0.4 is 4.90 Å². The van der Waals surface area contributed by atoms with Crippen molar-refractivity contribution in [2.75, 3.05) is 31.2 Å². The largest absolute Gasteiger partial charge is 0.377 e. The predicted octanol–water partition coefficient (Wildman–Crippen LogP) is 4.18. The topological polar surface area (TPSA) is 62.7 Å². The zero-order valence-electron chi connectivity index (χ0n) is 16.3. The Morgan fingerprint density at radius 3 is 2.83 bits per heavy atom. The Hall–Kier alpha value is -2.41. The van der Waals surface area contributed by atoms with Crippen molar-refractivity contribution >= 4 is 40.8 Å². The third-order valence-electron chi connectivity index (χ3n) is 5.35. The zero-order chi connectivity index (χ0) is 21.1. The number of halogens is 2. The third kappa shape index (κ3) is 4.36. The van der Waals surface area contributed by atoms with Crippen molar-refractivity contribution in [3.05, 3.63) is 58.7 Å². The molecule has 0 radical (unpaired) electrons. The van der Waals surface area contributed by atoms with Crippen LogP contribution in [0.2, 0.25) is 5.02 Å². The van der Waals surface area contributed by atoms with E-state index in [2.05, 4.69) is 4.98 Å². The lowest BCUT2D eigenvalue weighted by Gasteiger charge is -2.35. The fourth-order valence-electron chi connectivity index (χ4n) is 3.90. The minimum absolute atomic E-state index is 0.0901. The van der Waals surface area contributed by atoms with Crippen LogP contribution in [0.4, 0.5) is 5.82 Å². The summed E-state index contributed by atoms with van der Waals surface area (Å²) in [5, 5.41) is 0.559. The van der Waals surface area contributed by atoms with Gasteiger partial charge in [-0.1, -0.05) is 23.2 Å². The molecule has 0 unspecified atom stereocenters. The van der Waals surface area contributed by atoms with Crippen molar-refractivity contribution in [3.63, 3.8) is 0 Å². The van der Waals surface area contributed by atoms with E-state index in [1.165, 1.54) is 11.6 Å². The molecule has 0 saturated carbocycles. The van der Waals surface area contributed by atoms with Gasteiger partial charge < -0.3 is 9.64 Å². The average molecular weight is 446 g/mol. The number of aromatic nitrogens is 1. The quantitative estimate of drug-likeness (QED) is 0.662. The molecule has 0 spiro atoms. The first-order valence-corrected chi connectivity index (χ1v) is 10.6. The lowest BCUT2D eigenvalue weighted by Crippen LogP contribution is -2.42. The highest BCUT2D eigenvalue weighted by atomic mass is 35.5. The fraction of sp³-hybridized carbons (Fsp3) is 0.318. The summed E-state index contributed by atoms with van der Waals surface area (Å²) in [5.74, 6) is 0.562. The number of pyridine rings is 1. The lowest BCUT2D eigenvalue weighted by atomic mass is 9.98. The van der Waals surface area contributed by atoms with Crippen molar-refractivity contribution in [2.24, 2.45) is 0 Å². The van der Waals surface area contributed by atoms with E-state index in [4.69, 9.17) is 27.9 Å². The van der Waals surface area contributed by atoms with Crippen LogP contribution in [0.3, 0.4) is 0 Å². The predicted molar refractivity (Wildman–Crippen MR) is 117 cm³/mol. The highest BCUT2D eigenvalue weighted by molar-refractivity contribution is 6.31. The number of amides is 2. The summed E-state index contributed by atoms with van der Waals surface area (Å²) in [5.41, 5.74) is 3.89. The molecule has 2 aliphatic rings. The number of hydrogen-bond acceptors (Lipinski definition) is 4. The van der Waals surface area contributed by atoms with Gasteiger partial charge in [0.25, 0.3) is 0 Å². The maximum Gasteiger partial charge on any atom is 0.248 e. The van der Waals surface area contributed by atoms with Crippen LogP contribution in [0.25, 0.3) is 11.1 Å². The molecule has 0 aliphatic carbocycles. The van der Waals surface area contributed by atoms with Crippen LogP contribution in [0.1, 0.15) is 24.4 Å². The molecule has 4 rings (SSSR count). The maximum atomic E-state index is 12.5. The number of morpholine rings is 1. The monoisotopic (exact) mass is 445 g/mol. The molecule has 2 aliphatic heterocycles. The van der Waals surface area contributed by atoms with Crippen molar-refractivity contribution in [2.45, 2.75) is 18.9 Å². The summed E-state index contributed by atoms with van der Waals surface area (Å²) in [6.07, 6.45) is 4.43. The van der Waals surface area contributed by atoms with E-state index >= 15 is 0 Å². The van der Waals surface area contributed by atoms with Crippen LogP contribution >= 0.6 is 23.2 Å². The molecule has 0 N–H and O–H groups in total.